The smallest absolute Gasteiger partial charge is 0.0621 e. The van der Waals surface area contributed by atoms with Crippen LogP contribution in [-0.4, -0.2) is 24.3 Å². The molecule has 0 aromatic heterocycles. The summed E-state index contributed by atoms with van der Waals surface area (Å²) in [6, 6.07) is 2.16. The van der Waals surface area contributed by atoms with E-state index in [4.69, 9.17) is 10.4 Å². The molecule has 0 saturated carbocycles. The van der Waals surface area contributed by atoms with Crippen molar-refractivity contribution in [1.82, 2.24) is 5.32 Å². The maximum Gasteiger partial charge on any atom is 0.0621 e. The predicted octanol–water partition coefficient (Wildman–Crippen LogP) is 1.68. The summed E-state index contributed by atoms with van der Waals surface area (Å²) in [6.07, 6.45) is 2.09. The van der Waals surface area contributed by atoms with Crippen LogP contribution in [0.2, 0.25) is 0 Å². The summed E-state index contributed by atoms with van der Waals surface area (Å²) in [4.78, 5) is 0. The molecule has 82 valence electrons. The molecule has 0 heterocycles. The monoisotopic (exact) mass is 198 g/mol. The van der Waals surface area contributed by atoms with Crippen molar-refractivity contribution in [3.8, 4) is 6.07 Å². The van der Waals surface area contributed by atoms with Crippen molar-refractivity contribution in [2.45, 2.75) is 46.1 Å². The van der Waals surface area contributed by atoms with E-state index in [1.54, 1.807) is 6.92 Å². The first-order valence-electron chi connectivity index (χ1n) is 5.24. The van der Waals surface area contributed by atoms with E-state index < -0.39 is 0 Å². The topological polar surface area (TPSA) is 56.0 Å². The second kappa shape index (κ2) is 6.80. The molecule has 0 aromatic carbocycles. The van der Waals surface area contributed by atoms with Crippen LogP contribution in [0.4, 0.5) is 0 Å². The Balaban J connectivity index is 3.51. The van der Waals surface area contributed by atoms with Crippen LogP contribution in [0.5, 0.6) is 0 Å². The van der Waals surface area contributed by atoms with E-state index in [9.17, 15) is 0 Å². The van der Waals surface area contributed by atoms with Crippen molar-refractivity contribution in [2.24, 2.45) is 5.41 Å². The molecule has 3 heteroatoms. The van der Waals surface area contributed by atoms with E-state index in [-0.39, 0.29) is 11.5 Å². The lowest BCUT2D eigenvalue weighted by Crippen LogP contribution is -2.31. The largest absolute Gasteiger partial charge is 0.393 e. The summed E-state index contributed by atoms with van der Waals surface area (Å²) in [5.41, 5.74) is 0.175. The second-order valence-corrected chi connectivity index (χ2v) is 4.64. The fourth-order valence-corrected chi connectivity index (χ4v) is 1.22. The average Bonchev–Trinajstić information content (AvgIpc) is 2.09. The van der Waals surface area contributed by atoms with E-state index in [0.717, 1.165) is 25.9 Å². The average molecular weight is 198 g/mol. The molecular formula is C11H22N2O. The third kappa shape index (κ3) is 8.03. The normalized spacial score (nSPS) is 13.6. The maximum absolute atomic E-state index is 9.04. The van der Waals surface area contributed by atoms with E-state index in [1.807, 2.05) is 0 Å². The summed E-state index contributed by atoms with van der Waals surface area (Å²) in [6.45, 7) is 7.84. The van der Waals surface area contributed by atoms with E-state index in [1.165, 1.54) is 0 Å². The molecule has 0 spiro atoms. The number of aliphatic hydroxyl groups excluding tert-OH is 1. The minimum Gasteiger partial charge on any atom is -0.393 e. The van der Waals surface area contributed by atoms with E-state index >= 15 is 0 Å². The van der Waals surface area contributed by atoms with Gasteiger partial charge in [-0.05, 0) is 31.7 Å². The molecule has 0 fully saturated rings. The first-order chi connectivity index (χ1) is 6.48. The molecule has 0 aliphatic rings. The Hall–Kier alpha value is -0.590. The van der Waals surface area contributed by atoms with Gasteiger partial charge in [-0.25, -0.2) is 0 Å². The van der Waals surface area contributed by atoms with Gasteiger partial charge in [-0.2, -0.15) is 5.26 Å². The maximum atomic E-state index is 9.04. The van der Waals surface area contributed by atoms with Gasteiger partial charge in [-0.3, -0.25) is 0 Å². The first-order valence-corrected chi connectivity index (χ1v) is 5.24. The van der Waals surface area contributed by atoms with Crippen molar-refractivity contribution in [3.05, 3.63) is 0 Å². The number of hydrogen-bond donors (Lipinski definition) is 2. The van der Waals surface area contributed by atoms with Crippen LogP contribution in [0.25, 0.3) is 0 Å². The Morgan fingerprint density at radius 1 is 1.50 bits per heavy atom. The summed E-state index contributed by atoms with van der Waals surface area (Å²) in [5, 5.41) is 20.8. The third-order valence-corrected chi connectivity index (χ3v) is 2.26. The van der Waals surface area contributed by atoms with Crippen molar-refractivity contribution < 1.29 is 5.11 Å². The molecule has 1 atom stereocenters. The summed E-state index contributed by atoms with van der Waals surface area (Å²) >= 11 is 0. The van der Waals surface area contributed by atoms with Crippen LogP contribution in [0, 0.1) is 16.7 Å². The Bertz CT molecular complexity index is 182. The number of hydrogen-bond acceptors (Lipinski definition) is 3. The molecule has 14 heavy (non-hydrogen) atoms. The van der Waals surface area contributed by atoms with Gasteiger partial charge in [-0.15, -0.1) is 0 Å². The fourth-order valence-electron chi connectivity index (χ4n) is 1.22. The zero-order valence-electron chi connectivity index (χ0n) is 9.51. The van der Waals surface area contributed by atoms with Crippen molar-refractivity contribution in [2.75, 3.05) is 13.1 Å². The number of aliphatic hydroxyl groups is 1. The van der Waals surface area contributed by atoms with Gasteiger partial charge in [-0.1, -0.05) is 13.8 Å². The second-order valence-electron chi connectivity index (χ2n) is 4.64. The van der Waals surface area contributed by atoms with Crippen molar-refractivity contribution >= 4 is 0 Å². The van der Waals surface area contributed by atoms with Crippen molar-refractivity contribution in [1.29, 1.82) is 5.26 Å². The molecular weight excluding hydrogens is 176 g/mol. The molecule has 3 nitrogen and oxygen atoms in total. The third-order valence-electron chi connectivity index (χ3n) is 2.26. The van der Waals surface area contributed by atoms with Crippen molar-refractivity contribution in [3.63, 3.8) is 0 Å². The van der Waals surface area contributed by atoms with Gasteiger partial charge in [0.15, 0.2) is 0 Å². The van der Waals surface area contributed by atoms with Crippen LogP contribution in [-0.2, 0) is 0 Å². The lowest BCUT2D eigenvalue weighted by Gasteiger charge is -2.24. The van der Waals surface area contributed by atoms with E-state index in [0.29, 0.717) is 6.42 Å². The van der Waals surface area contributed by atoms with Crippen LogP contribution >= 0.6 is 0 Å². The van der Waals surface area contributed by atoms with Gasteiger partial charge in [0.05, 0.1) is 12.2 Å². The van der Waals surface area contributed by atoms with Gasteiger partial charge in [0.25, 0.3) is 0 Å². The van der Waals surface area contributed by atoms with Gasteiger partial charge in [0.2, 0.25) is 0 Å². The Labute approximate surface area is 87.1 Å². The number of rotatable bonds is 7. The SMILES string of the molecule is CC(O)CCNCC(C)(C)CCC#N. The Morgan fingerprint density at radius 2 is 2.14 bits per heavy atom. The standard InChI is InChI=1S/C11H22N2O/c1-10(14)5-8-13-9-11(2,3)6-4-7-12/h10,13-14H,4-6,8-9H2,1-3H3. The Morgan fingerprint density at radius 3 is 2.64 bits per heavy atom. The predicted molar refractivity (Wildman–Crippen MR) is 57.8 cm³/mol. The summed E-state index contributed by atoms with van der Waals surface area (Å²) in [5.74, 6) is 0. The molecule has 0 bridgehead atoms. The van der Waals surface area contributed by atoms with Gasteiger partial charge < -0.3 is 10.4 Å². The molecule has 0 aliphatic heterocycles. The first kappa shape index (κ1) is 13.4. The summed E-state index contributed by atoms with van der Waals surface area (Å²) in [7, 11) is 0. The molecule has 2 N–H and O–H groups in total. The Kier molecular flexibility index (Phi) is 6.52. The highest BCUT2D eigenvalue weighted by Gasteiger charge is 2.16. The zero-order chi connectivity index (χ0) is 11.0. The van der Waals surface area contributed by atoms with Crippen LogP contribution < -0.4 is 5.32 Å². The highest BCUT2D eigenvalue weighted by molar-refractivity contribution is 4.78. The molecule has 0 rings (SSSR count). The number of nitrogens with one attached hydrogen (secondary N) is 1. The van der Waals surface area contributed by atoms with Crippen LogP contribution in [0.3, 0.4) is 0 Å². The van der Waals surface area contributed by atoms with Gasteiger partial charge in [0, 0.05) is 13.0 Å². The van der Waals surface area contributed by atoms with Crippen LogP contribution in [0.15, 0.2) is 0 Å². The molecule has 0 aromatic rings. The molecule has 0 saturated heterocycles. The highest BCUT2D eigenvalue weighted by atomic mass is 16.3. The highest BCUT2D eigenvalue weighted by Crippen LogP contribution is 2.20. The quantitative estimate of drug-likeness (QED) is 0.612. The zero-order valence-corrected chi connectivity index (χ0v) is 9.51. The molecule has 1 unspecified atom stereocenters. The van der Waals surface area contributed by atoms with Gasteiger partial charge >= 0.3 is 0 Å². The van der Waals surface area contributed by atoms with E-state index in [2.05, 4.69) is 25.2 Å². The molecule has 0 aliphatic carbocycles. The molecule has 0 amide bonds. The lowest BCUT2D eigenvalue weighted by molar-refractivity contribution is 0.181. The lowest BCUT2D eigenvalue weighted by atomic mass is 9.88. The minimum absolute atomic E-state index is 0.175. The van der Waals surface area contributed by atoms with Gasteiger partial charge in [0.1, 0.15) is 0 Å². The number of nitrogens with zero attached hydrogens (tertiary/aromatic N) is 1. The summed E-state index contributed by atoms with van der Waals surface area (Å²) < 4.78 is 0. The fraction of sp³-hybridized carbons (Fsp3) is 0.909. The van der Waals surface area contributed by atoms with Crippen LogP contribution in [0.1, 0.15) is 40.0 Å². The number of nitriles is 1. The molecule has 0 radical (unpaired) electrons. The minimum atomic E-state index is -0.232.